The van der Waals surface area contributed by atoms with Crippen molar-refractivity contribution in [3.63, 3.8) is 0 Å². The first kappa shape index (κ1) is 16.2. The van der Waals surface area contributed by atoms with Crippen LogP contribution in [0.5, 0.6) is 0 Å². The molecule has 0 fully saturated rings. The summed E-state index contributed by atoms with van der Waals surface area (Å²) in [4.78, 5) is 17.2. The number of rotatable bonds is 3. The summed E-state index contributed by atoms with van der Waals surface area (Å²) in [5.74, 6) is -0.311. The molecule has 0 saturated carbocycles. The van der Waals surface area contributed by atoms with Crippen molar-refractivity contribution in [2.24, 2.45) is 10.9 Å². The molecule has 0 radical (unpaired) electrons. The van der Waals surface area contributed by atoms with Gasteiger partial charge in [-0.2, -0.15) is 0 Å². The van der Waals surface area contributed by atoms with Crippen molar-refractivity contribution in [3.8, 4) is 0 Å². The molecule has 22 heavy (non-hydrogen) atoms. The van der Waals surface area contributed by atoms with Gasteiger partial charge in [0.25, 0.3) is 0 Å². The van der Waals surface area contributed by atoms with Gasteiger partial charge in [-0.05, 0) is 34.9 Å². The van der Waals surface area contributed by atoms with Crippen LogP contribution in [0.2, 0.25) is 0 Å². The van der Waals surface area contributed by atoms with Crippen LogP contribution in [0.25, 0.3) is 0 Å². The average molecular weight is 316 g/mol. The molecule has 0 spiro atoms. The minimum absolute atomic E-state index is 0.0773. The van der Waals surface area contributed by atoms with Gasteiger partial charge < -0.3 is 10.6 Å². The maximum atomic E-state index is 11.8. The number of hydrogen-bond donors (Lipinski definition) is 1. The van der Waals surface area contributed by atoms with Crippen LogP contribution in [0.4, 0.5) is 0 Å². The Morgan fingerprint density at radius 1 is 1.23 bits per heavy atom. The molecular weight excluding hydrogens is 296 g/mol. The Kier molecular flexibility index (Phi) is 4.66. The molecule has 116 valence electrons. The highest BCUT2D eigenvalue weighted by molar-refractivity contribution is 7.12. The first-order valence-corrected chi connectivity index (χ1v) is 7.86. The summed E-state index contributed by atoms with van der Waals surface area (Å²) >= 11 is 1.33. The van der Waals surface area contributed by atoms with Crippen LogP contribution in [0.1, 0.15) is 47.1 Å². The van der Waals surface area contributed by atoms with Gasteiger partial charge in [0.1, 0.15) is 4.88 Å². The summed E-state index contributed by atoms with van der Waals surface area (Å²) in [6, 6.07) is 9.52. The SMILES string of the molecule is Cc1csc(C(=O)O/N=C(\N)c2ccc(C(C)(C)C)cc2)c1. The fraction of sp³-hybridized carbons (Fsp3) is 0.294. The number of nitrogens with zero attached hydrogens (tertiary/aromatic N) is 1. The summed E-state index contributed by atoms with van der Waals surface area (Å²) in [6.07, 6.45) is 0. The van der Waals surface area contributed by atoms with E-state index < -0.39 is 5.97 Å². The van der Waals surface area contributed by atoms with E-state index in [1.165, 1.54) is 16.9 Å². The molecule has 1 aromatic carbocycles. The fourth-order valence-electron chi connectivity index (χ4n) is 1.87. The lowest BCUT2D eigenvalue weighted by molar-refractivity contribution is 0.0522. The zero-order valence-electron chi connectivity index (χ0n) is 13.2. The Labute approximate surface area is 134 Å². The van der Waals surface area contributed by atoms with Crippen LogP contribution in [-0.4, -0.2) is 11.8 Å². The van der Waals surface area contributed by atoms with Crippen molar-refractivity contribution in [2.75, 3.05) is 0 Å². The third kappa shape index (κ3) is 3.95. The predicted octanol–water partition coefficient (Wildman–Crippen LogP) is 3.83. The zero-order valence-corrected chi connectivity index (χ0v) is 14.0. The molecule has 0 bridgehead atoms. The fourth-order valence-corrected chi connectivity index (χ4v) is 2.64. The molecule has 2 aromatic rings. The third-order valence-corrected chi connectivity index (χ3v) is 4.23. The van der Waals surface area contributed by atoms with E-state index in [0.717, 1.165) is 11.1 Å². The lowest BCUT2D eigenvalue weighted by Gasteiger charge is -2.18. The Bertz CT molecular complexity index is 694. The minimum atomic E-state index is -0.493. The highest BCUT2D eigenvalue weighted by Crippen LogP contribution is 2.22. The topological polar surface area (TPSA) is 64.7 Å². The Hall–Kier alpha value is -2.14. The van der Waals surface area contributed by atoms with Crippen LogP contribution >= 0.6 is 11.3 Å². The number of amidine groups is 1. The molecule has 2 rings (SSSR count). The smallest absolute Gasteiger partial charge is 0.375 e. The second kappa shape index (κ2) is 6.32. The number of carbonyl (C=O) groups excluding carboxylic acids is 1. The quantitative estimate of drug-likeness (QED) is 0.405. The van der Waals surface area contributed by atoms with E-state index in [1.807, 2.05) is 36.6 Å². The Balaban J connectivity index is 2.07. The molecular formula is C17H20N2O2S. The molecule has 0 aliphatic carbocycles. The number of carbonyl (C=O) groups is 1. The van der Waals surface area contributed by atoms with Crippen LogP contribution in [-0.2, 0) is 10.3 Å². The number of hydrogen-bond acceptors (Lipinski definition) is 4. The van der Waals surface area contributed by atoms with Gasteiger partial charge in [0.2, 0.25) is 0 Å². The van der Waals surface area contributed by atoms with Crippen LogP contribution < -0.4 is 5.73 Å². The number of nitrogens with two attached hydrogens (primary N) is 1. The summed E-state index contributed by atoms with van der Waals surface area (Å²) in [6.45, 7) is 8.35. The van der Waals surface area contributed by atoms with Crippen LogP contribution in [0.3, 0.4) is 0 Å². The van der Waals surface area contributed by atoms with Crippen molar-refractivity contribution in [2.45, 2.75) is 33.1 Å². The first-order chi connectivity index (χ1) is 10.3. The Morgan fingerprint density at radius 3 is 2.36 bits per heavy atom. The molecule has 1 heterocycles. The monoisotopic (exact) mass is 316 g/mol. The molecule has 0 aliphatic heterocycles. The molecule has 0 unspecified atom stereocenters. The highest BCUT2D eigenvalue weighted by atomic mass is 32.1. The maximum absolute atomic E-state index is 11.8. The van der Waals surface area contributed by atoms with E-state index >= 15 is 0 Å². The van der Waals surface area contributed by atoms with E-state index in [1.54, 1.807) is 6.07 Å². The van der Waals surface area contributed by atoms with E-state index in [0.29, 0.717) is 4.88 Å². The van der Waals surface area contributed by atoms with Gasteiger partial charge in [0.15, 0.2) is 5.84 Å². The van der Waals surface area contributed by atoms with Crippen LogP contribution in [0, 0.1) is 6.92 Å². The molecule has 0 saturated heterocycles. The van der Waals surface area contributed by atoms with Crippen molar-refractivity contribution in [3.05, 3.63) is 57.3 Å². The van der Waals surface area contributed by atoms with Gasteiger partial charge in [-0.15, -0.1) is 11.3 Å². The lowest BCUT2D eigenvalue weighted by Crippen LogP contribution is -2.16. The summed E-state index contributed by atoms with van der Waals surface area (Å²) in [7, 11) is 0. The van der Waals surface area contributed by atoms with Crippen molar-refractivity contribution < 1.29 is 9.63 Å². The predicted molar refractivity (Wildman–Crippen MR) is 90.3 cm³/mol. The van der Waals surface area contributed by atoms with Crippen molar-refractivity contribution in [1.29, 1.82) is 0 Å². The minimum Gasteiger partial charge on any atom is -0.380 e. The highest BCUT2D eigenvalue weighted by Gasteiger charge is 2.14. The second-order valence-corrected chi connectivity index (χ2v) is 7.08. The van der Waals surface area contributed by atoms with Gasteiger partial charge in [-0.1, -0.05) is 50.2 Å². The van der Waals surface area contributed by atoms with Gasteiger partial charge >= 0.3 is 5.97 Å². The van der Waals surface area contributed by atoms with Crippen LogP contribution in [0.15, 0.2) is 40.9 Å². The zero-order chi connectivity index (χ0) is 16.3. The Morgan fingerprint density at radius 2 is 1.86 bits per heavy atom. The lowest BCUT2D eigenvalue weighted by atomic mass is 9.87. The van der Waals surface area contributed by atoms with Gasteiger partial charge in [-0.3, -0.25) is 0 Å². The van der Waals surface area contributed by atoms with Gasteiger partial charge in [-0.25, -0.2) is 4.79 Å². The summed E-state index contributed by atoms with van der Waals surface area (Å²) < 4.78 is 0. The number of thiophene rings is 1. The second-order valence-electron chi connectivity index (χ2n) is 6.17. The molecule has 1 aromatic heterocycles. The molecule has 0 aliphatic rings. The molecule has 2 N–H and O–H groups in total. The van der Waals surface area contributed by atoms with Crippen molar-refractivity contribution >= 4 is 23.1 Å². The number of oxime groups is 1. The first-order valence-electron chi connectivity index (χ1n) is 6.98. The molecule has 5 heteroatoms. The number of aryl methyl sites for hydroxylation is 1. The standard InChI is InChI=1S/C17H20N2O2S/c1-11-9-14(22-10-11)16(20)21-19-15(18)12-5-7-13(8-6-12)17(2,3)4/h5-10H,1-4H3,(H2,18,19). The van der Waals surface area contributed by atoms with Gasteiger partial charge in [0.05, 0.1) is 0 Å². The summed E-state index contributed by atoms with van der Waals surface area (Å²) in [5, 5.41) is 5.61. The van der Waals surface area contributed by atoms with E-state index in [4.69, 9.17) is 10.6 Å². The maximum Gasteiger partial charge on any atom is 0.375 e. The van der Waals surface area contributed by atoms with Crippen molar-refractivity contribution in [1.82, 2.24) is 0 Å². The normalized spacial score (nSPS) is 12.3. The summed E-state index contributed by atoms with van der Waals surface area (Å²) in [5.41, 5.74) is 8.89. The largest absolute Gasteiger partial charge is 0.380 e. The molecule has 0 atom stereocenters. The molecule has 0 amide bonds. The van der Waals surface area contributed by atoms with Gasteiger partial charge in [0, 0.05) is 5.56 Å². The van der Waals surface area contributed by atoms with E-state index in [-0.39, 0.29) is 11.3 Å². The van der Waals surface area contributed by atoms with E-state index in [2.05, 4.69) is 25.9 Å². The van der Waals surface area contributed by atoms with E-state index in [9.17, 15) is 4.79 Å². The third-order valence-electron chi connectivity index (χ3n) is 3.21. The number of benzene rings is 1. The molecule has 4 nitrogen and oxygen atoms in total. The average Bonchev–Trinajstić information content (AvgIpc) is 2.90.